The maximum absolute atomic E-state index is 13.6. The second-order valence-corrected chi connectivity index (χ2v) is 12.3. The van der Waals surface area contributed by atoms with E-state index in [2.05, 4.69) is 27.4 Å². The van der Waals surface area contributed by atoms with Crippen LogP contribution in [0.5, 0.6) is 0 Å². The zero-order chi connectivity index (χ0) is 29.3. The van der Waals surface area contributed by atoms with E-state index in [-0.39, 0.29) is 41.5 Å². The summed E-state index contributed by atoms with van der Waals surface area (Å²) in [6, 6.07) is 13.5. The summed E-state index contributed by atoms with van der Waals surface area (Å²) < 4.78 is 1.37. The zero-order valence-corrected chi connectivity index (χ0v) is 23.8. The van der Waals surface area contributed by atoms with Crippen LogP contribution in [0.3, 0.4) is 0 Å². The van der Waals surface area contributed by atoms with Crippen LogP contribution in [0, 0.1) is 11.8 Å². The average molecular weight is 574 g/mol. The largest absolute Gasteiger partial charge is 0.392 e. The molecule has 42 heavy (non-hydrogen) atoms. The number of anilines is 1. The van der Waals surface area contributed by atoms with Gasteiger partial charge in [0.2, 0.25) is 11.8 Å². The molecule has 1 aromatic carbocycles. The van der Waals surface area contributed by atoms with Crippen LogP contribution in [0.1, 0.15) is 69.3 Å². The summed E-state index contributed by atoms with van der Waals surface area (Å²) in [4.78, 5) is 50.2. The number of carbonyl (C=O) groups is 2. The number of aliphatic hydroxyl groups is 2. The number of nitrogens with one attached hydrogen (secondary N) is 1. The van der Waals surface area contributed by atoms with E-state index in [1.807, 2.05) is 23.1 Å². The monoisotopic (exact) mass is 573 g/mol. The van der Waals surface area contributed by atoms with Crippen molar-refractivity contribution in [2.45, 2.75) is 82.0 Å². The van der Waals surface area contributed by atoms with Crippen molar-refractivity contribution in [3.63, 3.8) is 0 Å². The fourth-order valence-corrected chi connectivity index (χ4v) is 7.06. The lowest BCUT2D eigenvalue weighted by Crippen LogP contribution is -2.51. The molecular formula is C32H39N5O5. The highest BCUT2D eigenvalue weighted by Crippen LogP contribution is 2.39. The quantitative estimate of drug-likeness (QED) is 0.412. The lowest BCUT2D eigenvalue weighted by molar-refractivity contribution is -0.142. The molecule has 0 radical (unpaired) electrons. The Morgan fingerprint density at radius 1 is 0.952 bits per heavy atom. The van der Waals surface area contributed by atoms with Crippen LogP contribution in [-0.4, -0.2) is 66.3 Å². The number of nitrogens with zero attached hydrogens (tertiary/aromatic N) is 4. The lowest BCUT2D eigenvalue weighted by Gasteiger charge is -2.41. The highest BCUT2D eigenvalue weighted by Gasteiger charge is 2.39. The van der Waals surface area contributed by atoms with E-state index in [9.17, 15) is 24.6 Å². The minimum absolute atomic E-state index is 0.0411. The third-order valence-electron chi connectivity index (χ3n) is 9.52. The summed E-state index contributed by atoms with van der Waals surface area (Å²) in [7, 11) is 0. The summed E-state index contributed by atoms with van der Waals surface area (Å²) >= 11 is 0. The van der Waals surface area contributed by atoms with Gasteiger partial charge in [-0.15, -0.1) is 0 Å². The van der Waals surface area contributed by atoms with Gasteiger partial charge in [0.1, 0.15) is 5.82 Å². The van der Waals surface area contributed by atoms with Gasteiger partial charge in [-0.2, -0.15) is 0 Å². The Kier molecular flexibility index (Phi) is 8.09. The molecule has 1 saturated heterocycles. The molecular weight excluding hydrogens is 534 g/mol. The van der Waals surface area contributed by atoms with Crippen LogP contribution in [0.25, 0.3) is 11.0 Å². The summed E-state index contributed by atoms with van der Waals surface area (Å²) in [5, 5.41) is 24.2. The summed E-state index contributed by atoms with van der Waals surface area (Å²) in [6.07, 6.45) is 7.56. The first-order valence-electron chi connectivity index (χ1n) is 15.2. The molecule has 3 heterocycles. The molecule has 2 aliphatic carbocycles. The minimum atomic E-state index is -1.16. The van der Waals surface area contributed by atoms with Gasteiger partial charge in [-0.1, -0.05) is 43.2 Å². The van der Waals surface area contributed by atoms with Gasteiger partial charge >= 0.3 is 0 Å². The predicted octanol–water partition coefficient (Wildman–Crippen LogP) is 3.22. The van der Waals surface area contributed by atoms with Crippen molar-refractivity contribution >= 4 is 28.7 Å². The highest BCUT2D eigenvalue weighted by atomic mass is 16.3. The highest BCUT2D eigenvalue weighted by molar-refractivity contribution is 5.93. The van der Waals surface area contributed by atoms with Gasteiger partial charge < -0.3 is 20.4 Å². The number of benzene rings is 1. The smallest absolute Gasteiger partial charge is 0.280 e. The molecule has 3 fully saturated rings. The third kappa shape index (κ3) is 5.83. The van der Waals surface area contributed by atoms with Crippen LogP contribution in [0.4, 0.5) is 5.82 Å². The van der Waals surface area contributed by atoms with Crippen molar-refractivity contribution in [2.75, 3.05) is 18.4 Å². The Bertz CT molecular complexity index is 1500. The SMILES string of the molecule is O=C(Nc1ccc2ncn(CC3(O)CCN(C(=O)[C@@H]4CCCC[C@H]4c4ccccc4)CC3)c(=O)c2n1)C1CCCC1O. The molecule has 4 atom stereocenters. The number of amides is 2. The van der Waals surface area contributed by atoms with Gasteiger partial charge in [0.15, 0.2) is 5.52 Å². The molecule has 222 valence electrons. The van der Waals surface area contributed by atoms with Gasteiger partial charge in [-0.05, 0) is 68.6 Å². The minimum Gasteiger partial charge on any atom is -0.392 e. The number of fused-ring (bicyclic) bond motifs is 1. The Morgan fingerprint density at radius 2 is 1.69 bits per heavy atom. The van der Waals surface area contributed by atoms with Gasteiger partial charge in [-0.3, -0.25) is 19.0 Å². The van der Waals surface area contributed by atoms with Crippen molar-refractivity contribution in [3.05, 3.63) is 64.7 Å². The van der Waals surface area contributed by atoms with Crippen molar-refractivity contribution < 1.29 is 19.8 Å². The summed E-state index contributed by atoms with van der Waals surface area (Å²) in [6.45, 7) is 0.911. The number of hydrogen-bond acceptors (Lipinski definition) is 7. The standard InChI is InChI=1S/C32H39N5O5/c38-26-12-6-11-24(26)29(39)35-27-14-13-25-28(34-27)31(41)37(20-33-25)19-32(42)15-17-36(18-16-32)30(40)23-10-5-4-9-22(23)21-7-2-1-3-8-21/h1-3,7-8,13-14,20,22-24,26,38,42H,4-6,9-12,15-19H2,(H,34,35,39)/t22-,23+,24?,26?/m0/s1. The number of carbonyl (C=O) groups excluding carboxylic acids is 2. The van der Waals surface area contributed by atoms with E-state index < -0.39 is 23.2 Å². The molecule has 3 aliphatic rings. The number of hydrogen-bond donors (Lipinski definition) is 3. The fourth-order valence-electron chi connectivity index (χ4n) is 7.06. The molecule has 1 aliphatic heterocycles. The first-order valence-corrected chi connectivity index (χ1v) is 15.2. The third-order valence-corrected chi connectivity index (χ3v) is 9.52. The first kappa shape index (κ1) is 28.5. The van der Waals surface area contributed by atoms with Gasteiger partial charge in [0.25, 0.3) is 5.56 Å². The van der Waals surface area contributed by atoms with Crippen molar-refractivity contribution in [1.29, 1.82) is 0 Å². The van der Waals surface area contributed by atoms with Crippen molar-refractivity contribution in [3.8, 4) is 0 Å². The van der Waals surface area contributed by atoms with Crippen LogP contribution in [-0.2, 0) is 16.1 Å². The summed E-state index contributed by atoms with van der Waals surface area (Å²) in [5.41, 5.74) is 0.147. The van der Waals surface area contributed by atoms with E-state index in [4.69, 9.17) is 0 Å². The number of likely N-dealkylation sites (tertiary alicyclic amines) is 1. The number of aliphatic hydroxyl groups excluding tert-OH is 1. The van der Waals surface area contributed by atoms with E-state index in [0.717, 1.165) is 32.1 Å². The molecule has 3 N–H and O–H groups in total. The van der Waals surface area contributed by atoms with Gasteiger partial charge in [0.05, 0.1) is 36.0 Å². The topological polar surface area (TPSA) is 138 Å². The normalized spacial score (nSPS) is 25.8. The van der Waals surface area contributed by atoms with Crippen LogP contribution >= 0.6 is 0 Å². The van der Waals surface area contributed by atoms with E-state index in [1.54, 1.807) is 12.1 Å². The molecule has 2 aromatic heterocycles. The molecule has 0 spiro atoms. The van der Waals surface area contributed by atoms with Crippen molar-refractivity contribution in [2.24, 2.45) is 11.8 Å². The molecule has 0 bridgehead atoms. The molecule has 2 amide bonds. The fraction of sp³-hybridized carbons (Fsp3) is 0.531. The number of aromatic nitrogens is 3. The molecule has 2 unspecified atom stereocenters. The molecule has 6 rings (SSSR count). The van der Waals surface area contributed by atoms with E-state index >= 15 is 0 Å². The second kappa shape index (κ2) is 11.9. The Balaban J connectivity index is 1.12. The number of rotatable bonds is 6. The van der Waals surface area contributed by atoms with E-state index in [0.29, 0.717) is 44.3 Å². The molecule has 3 aromatic rings. The number of pyridine rings is 1. The van der Waals surface area contributed by atoms with Gasteiger partial charge in [-0.25, -0.2) is 9.97 Å². The maximum Gasteiger partial charge on any atom is 0.280 e. The second-order valence-electron chi connectivity index (χ2n) is 12.3. The number of piperidine rings is 1. The van der Waals surface area contributed by atoms with Gasteiger partial charge in [0, 0.05) is 19.0 Å². The van der Waals surface area contributed by atoms with Crippen LogP contribution in [0.2, 0.25) is 0 Å². The average Bonchev–Trinajstić information content (AvgIpc) is 3.45. The lowest BCUT2D eigenvalue weighted by atomic mass is 9.74. The molecule has 10 nitrogen and oxygen atoms in total. The van der Waals surface area contributed by atoms with Crippen LogP contribution < -0.4 is 10.9 Å². The van der Waals surface area contributed by atoms with Crippen LogP contribution in [0.15, 0.2) is 53.6 Å². The van der Waals surface area contributed by atoms with E-state index in [1.165, 1.54) is 16.5 Å². The Morgan fingerprint density at radius 3 is 2.43 bits per heavy atom. The first-order chi connectivity index (χ1) is 20.3. The predicted molar refractivity (Wildman–Crippen MR) is 158 cm³/mol. The summed E-state index contributed by atoms with van der Waals surface area (Å²) in [5.74, 6) is -0.222. The molecule has 10 heteroatoms. The molecule has 2 saturated carbocycles. The Labute approximate surface area is 244 Å². The van der Waals surface area contributed by atoms with Crippen molar-refractivity contribution in [1.82, 2.24) is 19.4 Å². The zero-order valence-electron chi connectivity index (χ0n) is 23.8. The Hall–Kier alpha value is -3.63. The maximum atomic E-state index is 13.6.